The lowest BCUT2D eigenvalue weighted by Gasteiger charge is -2.04. The Bertz CT molecular complexity index is 51.7. The maximum atomic E-state index is 11.4. The van der Waals surface area contributed by atoms with Gasteiger partial charge in [0, 0.05) is 0 Å². The largest absolute Gasteiger partial charge is 0.504 e. The molecule has 0 aromatic heterocycles. The zero-order valence-corrected chi connectivity index (χ0v) is 7.14. The Morgan fingerprint density at radius 2 is 1.43 bits per heavy atom. The van der Waals surface area contributed by atoms with E-state index in [1.165, 1.54) is 0 Å². The van der Waals surface area contributed by atoms with Crippen LogP contribution >= 0.6 is 46.0 Å². The van der Waals surface area contributed by atoms with Crippen molar-refractivity contribution >= 4 is 46.0 Å². The minimum Gasteiger partial charge on any atom is -0.224 e. The summed E-state index contributed by atoms with van der Waals surface area (Å²) < 4.78 is 29.8. The second-order valence-corrected chi connectivity index (χ2v) is 1.50. The van der Waals surface area contributed by atoms with Gasteiger partial charge in [-0.05, 0) is 0 Å². The molecule has 0 aliphatic rings. The summed E-state index contributed by atoms with van der Waals surface area (Å²) in [7, 11) is 0. The third kappa shape index (κ3) is 3.79. The van der Waals surface area contributed by atoms with Crippen LogP contribution in [0.25, 0.3) is 0 Å². The Morgan fingerprint density at radius 1 is 1.14 bits per heavy atom. The van der Waals surface area contributed by atoms with Crippen LogP contribution < -0.4 is 0 Å². The van der Waals surface area contributed by atoms with Crippen molar-refractivity contribution in [2.24, 2.45) is 0 Å². The summed E-state index contributed by atoms with van der Waals surface area (Å²) in [5.74, 6) is 0. The van der Waals surface area contributed by atoms with Crippen LogP contribution in [-0.4, -0.2) is 6.29 Å². The highest BCUT2D eigenvalue weighted by Gasteiger charge is 2.30. The quantitative estimate of drug-likeness (QED) is 0.569. The van der Waals surface area contributed by atoms with Gasteiger partial charge in [0.05, 0.1) is 0 Å². The number of rotatable bonds is 2. The second kappa shape index (κ2) is 3.30. The van der Waals surface area contributed by atoms with Crippen molar-refractivity contribution in [3.8, 4) is 0 Å². The van der Waals surface area contributed by atoms with Crippen LogP contribution in [-0.2, 0) is 6.13 Å². The molecule has 0 saturated carbocycles. The van der Waals surface area contributed by atoms with Crippen LogP contribution in [0.3, 0.4) is 0 Å². The smallest absolute Gasteiger partial charge is 0.224 e. The molecule has 0 saturated heterocycles. The standard InChI is InChI=1S/CF2I2O2/c2-1(3,6-4)7-5. The van der Waals surface area contributed by atoms with Crippen LogP contribution in [0.15, 0.2) is 0 Å². The number of halogens is 4. The number of hydrogen-bond acceptors (Lipinski definition) is 2. The van der Waals surface area contributed by atoms with Gasteiger partial charge in [0.2, 0.25) is 0 Å². The van der Waals surface area contributed by atoms with Gasteiger partial charge >= 0.3 is 6.29 Å². The summed E-state index contributed by atoms with van der Waals surface area (Å²) in [6.45, 7) is 0. The molecule has 0 aromatic rings. The molecule has 44 valence electrons. The van der Waals surface area contributed by atoms with Gasteiger partial charge in [-0.15, -0.1) is 8.78 Å². The third-order valence-corrected chi connectivity index (χ3v) is 1.21. The molecule has 7 heavy (non-hydrogen) atoms. The minimum absolute atomic E-state index is 1.05. The average molecular weight is 336 g/mol. The summed E-state index contributed by atoms with van der Waals surface area (Å²) in [4.78, 5) is 0. The van der Waals surface area contributed by atoms with E-state index in [1.807, 2.05) is 0 Å². The van der Waals surface area contributed by atoms with Crippen LogP contribution in [0.1, 0.15) is 0 Å². The van der Waals surface area contributed by atoms with Gasteiger partial charge in [-0.25, -0.2) is 6.13 Å². The van der Waals surface area contributed by atoms with E-state index in [9.17, 15) is 8.78 Å². The summed E-state index contributed by atoms with van der Waals surface area (Å²) in [5, 5.41) is 0. The lowest BCUT2D eigenvalue weighted by atomic mass is 11.3. The summed E-state index contributed by atoms with van der Waals surface area (Å²) in [6, 6.07) is 0. The molecule has 0 spiro atoms. The summed E-state index contributed by atoms with van der Waals surface area (Å²) in [6.07, 6.45) is -3.44. The fourth-order valence-electron chi connectivity index (χ4n) is 0.0119. The van der Waals surface area contributed by atoms with E-state index in [4.69, 9.17) is 0 Å². The van der Waals surface area contributed by atoms with Crippen LogP contribution in [0.4, 0.5) is 8.78 Å². The SMILES string of the molecule is FC(F)(OI)OI. The van der Waals surface area contributed by atoms with Crippen LogP contribution in [0, 0.1) is 0 Å². The Kier molecular flexibility index (Phi) is 3.89. The van der Waals surface area contributed by atoms with Crippen LogP contribution in [0.2, 0.25) is 0 Å². The molecule has 0 N–H and O–H groups in total. The molecule has 0 atom stereocenters. The first-order valence-electron chi connectivity index (χ1n) is 1.09. The first-order chi connectivity index (χ1) is 3.12. The van der Waals surface area contributed by atoms with E-state index in [0.29, 0.717) is 0 Å². The highest BCUT2D eigenvalue weighted by molar-refractivity contribution is 14.1. The van der Waals surface area contributed by atoms with Gasteiger partial charge in [0.25, 0.3) is 0 Å². The molecule has 0 rings (SSSR count). The molecule has 0 aliphatic heterocycles. The van der Waals surface area contributed by atoms with Crippen molar-refractivity contribution in [2.45, 2.75) is 6.29 Å². The minimum atomic E-state index is -3.44. The van der Waals surface area contributed by atoms with Crippen LogP contribution in [0.5, 0.6) is 0 Å². The molecule has 0 radical (unpaired) electrons. The predicted molar refractivity (Wildman–Crippen MR) is 35.2 cm³/mol. The topological polar surface area (TPSA) is 18.5 Å². The average Bonchev–Trinajstić information content (AvgIpc) is 1.68. The lowest BCUT2D eigenvalue weighted by Crippen LogP contribution is -2.14. The molecule has 0 fully saturated rings. The fraction of sp³-hybridized carbons (Fsp3) is 1.00. The molecule has 0 amide bonds. The Morgan fingerprint density at radius 3 is 1.43 bits per heavy atom. The van der Waals surface area contributed by atoms with E-state index < -0.39 is 6.29 Å². The third-order valence-electron chi connectivity index (χ3n) is 0.180. The van der Waals surface area contributed by atoms with Gasteiger partial charge in [-0.3, -0.25) is 0 Å². The predicted octanol–water partition coefficient (Wildman–Crippen LogP) is 2.27. The molecule has 0 unspecified atom stereocenters. The van der Waals surface area contributed by atoms with E-state index in [0.717, 1.165) is 46.0 Å². The zero-order chi connectivity index (χ0) is 5.91. The fourth-order valence-corrected chi connectivity index (χ4v) is 0.536. The van der Waals surface area contributed by atoms with Gasteiger partial charge in [0.1, 0.15) is 46.0 Å². The van der Waals surface area contributed by atoms with Gasteiger partial charge in [0.15, 0.2) is 0 Å². The van der Waals surface area contributed by atoms with Crippen molar-refractivity contribution in [1.82, 2.24) is 0 Å². The van der Waals surface area contributed by atoms with E-state index in [1.54, 1.807) is 0 Å². The number of alkyl halides is 2. The van der Waals surface area contributed by atoms with Gasteiger partial charge in [-0.1, -0.05) is 0 Å². The monoisotopic (exact) mass is 336 g/mol. The molecule has 2 nitrogen and oxygen atoms in total. The molecular weight excluding hydrogens is 336 g/mol. The maximum Gasteiger partial charge on any atom is 0.504 e. The van der Waals surface area contributed by atoms with Crippen molar-refractivity contribution < 1.29 is 14.9 Å². The Hall–Kier alpha value is 1.24. The molecular formula is CF2I2O2. The van der Waals surface area contributed by atoms with Crippen molar-refractivity contribution in [1.29, 1.82) is 0 Å². The van der Waals surface area contributed by atoms with Crippen molar-refractivity contribution in [2.75, 3.05) is 0 Å². The van der Waals surface area contributed by atoms with E-state index >= 15 is 0 Å². The highest BCUT2D eigenvalue weighted by atomic mass is 127. The molecule has 0 aliphatic carbocycles. The van der Waals surface area contributed by atoms with Crippen molar-refractivity contribution in [3.63, 3.8) is 0 Å². The normalized spacial score (nSPS) is 12.0. The molecule has 0 aromatic carbocycles. The molecule has 0 bridgehead atoms. The Labute approximate surface area is 66.9 Å². The highest BCUT2D eigenvalue weighted by Crippen LogP contribution is 2.22. The maximum absolute atomic E-state index is 11.4. The zero-order valence-electron chi connectivity index (χ0n) is 2.83. The second-order valence-electron chi connectivity index (χ2n) is 0.618. The number of hydrogen-bond donors (Lipinski definition) is 0. The Balaban J connectivity index is 3.36. The summed E-state index contributed by atoms with van der Waals surface area (Å²) >= 11 is 2.10. The van der Waals surface area contributed by atoms with Crippen molar-refractivity contribution in [3.05, 3.63) is 0 Å². The van der Waals surface area contributed by atoms with E-state index in [-0.39, 0.29) is 0 Å². The van der Waals surface area contributed by atoms with Gasteiger partial charge < -0.3 is 0 Å². The first-order valence-corrected chi connectivity index (χ1v) is 2.86. The molecule has 0 heterocycles. The summed E-state index contributed by atoms with van der Waals surface area (Å²) in [5.41, 5.74) is 0. The molecule has 6 heteroatoms. The van der Waals surface area contributed by atoms with E-state index in [2.05, 4.69) is 6.13 Å². The van der Waals surface area contributed by atoms with Gasteiger partial charge in [-0.2, -0.15) is 0 Å². The lowest BCUT2D eigenvalue weighted by molar-refractivity contribution is -0.270. The first kappa shape index (κ1) is 8.24.